The molecule has 0 heterocycles. The largest absolute Gasteiger partial charge is 0.393 e. The van der Waals surface area contributed by atoms with Crippen LogP contribution in [-0.4, -0.2) is 11.2 Å². The molecular weight excluding hydrogens is 148 g/mol. The minimum Gasteiger partial charge on any atom is -0.393 e. The molecule has 2 unspecified atom stereocenters. The maximum absolute atomic E-state index is 9.49. The molecule has 1 saturated carbocycles. The second-order valence-corrected chi connectivity index (χ2v) is 3.95. The second kappa shape index (κ2) is 4.66. The maximum atomic E-state index is 9.49. The molecule has 70 valence electrons. The molecule has 0 bridgehead atoms. The minimum absolute atomic E-state index is 0.217. The van der Waals surface area contributed by atoms with E-state index >= 15 is 0 Å². The van der Waals surface area contributed by atoms with Crippen LogP contribution in [0, 0.1) is 11.8 Å². The Morgan fingerprint density at radius 3 is 2.33 bits per heavy atom. The lowest BCUT2D eigenvalue weighted by molar-refractivity contribution is 0.100. The highest BCUT2D eigenvalue weighted by molar-refractivity contribution is 4.89. The molecule has 0 spiro atoms. The van der Waals surface area contributed by atoms with E-state index in [1.807, 2.05) is 13.0 Å². The van der Waals surface area contributed by atoms with E-state index in [0.29, 0.717) is 11.8 Å². The summed E-state index contributed by atoms with van der Waals surface area (Å²) in [7, 11) is 0. The highest BCUT2D eigenvalue weighted by Gasteiger charge is 2.24. The van der Waals surface area contributed by atoms with E-state index in [-0.39, 0.29) is 6.10 Å². The van der Waals surface area contributed by atoms with Crippen molar-refractivity contribution in [1.29, 1.82) is 0 Å². The van der Waals surface area contributed by atoms with Crippen LogP contribution < -0.4 is 0 Å². The van der Waals surface area contributed by atoms with Gasteiger partial charge in [-0.1, -0.05) is 25.3 Å². The molecule has 1 fully saturated rings. The lowest BCUT2D eigenvalue weighted by Crippen LogP contribution is -2.25. The first-order valence-corrected chi connectivity index (χ1v) is 5.06. The number of hydrogen-bond acceptors (Lipinski definition) is 1. The van der Waals surface area contributed by atoms with Crippen molar-refractivity contribution in [2.75, 3.05) is 0 Å². The van der Waals surface area contributed by atoms with Crippen molar-refractivity contribution < 1.29 is 5.11 Å². The summed E-state index contributed by atoms with van der Waals surface area (Å²) in [5.41, 5.74) is 0. The van der Waals surface area contributed by atoms with Crippen LogP contribution in [0.25, 0.3) is 0 Å². The summed E-state index contributed by atoms with van der Waals surface area (Å²) in [5, 5.41) is 9.49. The standard InChI is InChI=1S/C11H20O/c1-3-11(9(2)12)10-7-5-4-6-8-10/h3,9-12H,1,4-8H2,2H3. The molecule has 0 aliphatic heterocycles. The summed E-state index contributed by atoms with van der Waals surface area (Å²) in [5.74, 6) is 1.02. The van der Waals surface area contributed by atoms with E-state index in [0.717, 1.165) is 0 Å². The molecule has 1 rings (SSSR count). The van der Waals surface area contributed by atoms with Crippen molar-refractivity contribution in [3.05, 3.63) is 12.7 Å². The van der Waals surface area contributed by atoms with Crippen LogP contribution in [0.15, 0.2) is 12.7 Å². The molecule has 1 nitrogen and oxygen atoms in total. The Labute approximate surface area is 75.5 Å². The molecular formula is C11H20O. The van der Waals surface area contributed by atoms with Crippen molar-refractivity contribution in [3.63, 3.8) is 0 Å². The van der Waals surface area contributed by atoms with Gasteiger partial charge in [-0.3, -0.25) is 0 Å². The van der Waals surface area contributed by atoms with Crippen molar-refractivity contribution in [2.24, 2.45) is 11.8 Å². The van der Waals surface area contributed by atoms with E-state index in [1.165, 1.54) is 32.1 Å². The zero-order valence-corrected chi connectivity index (χ0v) is 8.00. The highest BCUT2D eigenvalue weighted by Crippen LogP contribution is 2.32. The third-order valence-corrected chi connectivity index (χ3v) is 3.02. The monoisotopic (exact) mass is 168 g/mol. The zero-order chi connectivity index (χ0) is 8.97. The Morgan fingerprint density at radius 2 is 1.92 bits per heavy atom. The Hall–Kier alpha value is -0.300. The van der Waals surface area contributed by atoms with Crippen molar-refractivity contribution in [3.8, 4) is 0 Å². The molecule has 0 aromatic rings. The second-order valence-electron chi connectivity index (χ2n) is 3.95. The van der Waals surface area contributed by atoms with Gasteiger partial charge in [0.2, 0.25) is 0 Å². The summed E-state index contributed by atoms with van der Waals surface area (Å²) in [6, 6.07) is 0. The first-order chi connectivity index (χ1) is 5.75. The van der Waals surface area contributed by atoms with Crippen LogP contribution >= 0.6 is 0 Å². The first-order valence-electron chi connectivity index (χ1n) is 5.06. The Kier molecular flexibility index (Phi) is 3.80. The Balaban J connectivity index is 2.45. The van der Waals surface area contributed by atoms with Crippen LogP contribution in [0.1, 0.15) is 39.0 Å². The van der Waals surface area contributed by atoms with Crippen LogP contribution in [-0.2, 0) is 0 Å². The third kappa shape index (κ3) is 2.34. The van der Waals surface area contributed by atoms with Gasteiger partial charge in [-0.25, -0.2) is 0 Å². The molecule has 0 amide bonds. The molecule has 1 aliphatic carbocycles. The van der Waals surface area contributed by atoms with Gasteiger partial charge < -0.3 is 5.11 Å². The average molecular weight is 168 g/mol. The predicted octanol–water partition coefficient (Wildman–Crippen LogP) is 2.75. The molecule has 1 aliphatic rings. The van der Waals surface area contributed by atoms with Crippen LogP contribution in [0.4, 0.5) is 0 Å². The van der Waals surface area contributed by atoms with Gasteiger partial charge in [-0.15, -0.1) is 6.58 Å². The summed E-state index contributed by atoms with van der Waals surface area (Å²) in [4.78, 5) is 0. The normalized spacial score (nSPS) is 24.8. The molecule has 0 saturated heterocycles. The molecule has 0 aromatic carbocycles. The fourth-order valence-electron chi connectivity index (χ4n) is 2.30. The van der Waals surface area contributed by atoms with Gasteiger partial charge in [0.15, 0.2) is 0 Å². The number of hydrogen-bond donors (Lipinski definition) is 1. The van der Waals surface area contributed by atoms with Gasteiger partial charge in [0.25, 0.3) is 0 Å². The fraction of sp³-hybridized carbons (Fsp3) is 0.818. The highest BCUT2D eigenvalue weighted by atomic mass is 16.3. The number of rotatable bonds is 3. The van der Waals surface area contributed by atoms with Crippen LogP contribution in [0.3, 0.4) is 0 Å². The SMILES string of the molecule is C=CC(C(C)O)C1CCCCC1. The van der Waals surface area contributed by atoms with Crippen molar-refractivity contribution in [1.82, 2.24) is 0 Å². The van der Waals surface area contributed by atoms with Crippen molar-refractivity contribution >= 4 is 0 Å². The molecule has 0 radical (unpaired) electrons. The van der Waals surface area contributed by atoms with Gasteiger partial charge >= 0.3 is 0 Å². The van der Waals surface area contributed by atoms with Gasteiger partial charge in [0.1, 0.15) is 0 Å². The van der Waals surface area contributed by atoms with Gasteiger partial charge in [0, 0.05) is 5.92 Å². The summed E-state index contributed by atoms with van der Waals surface area (Å²) in [6.07, 6.45) is 8.32. The molecule has 12 heavy (non-hydrogen) atoms. The smallest absolute Gasteiger partial charge is 0.0577 e. The molecule has 2 atom stereocenters. The Morgan fingerprint density at radius 1 is 1.33 bits per heavy atom. The lowest BCUT2D eigenvalue weighted by Gasteiger charge is -2.29. The van der Waals surface area contributed by atoms with E-state index < -0.39 is 0 Å². The van der Waals surface area contributed by atoms with Gasteiger partial charge in [-0.05, 0) is 25.7 Å². The quantitative estimate of drug-likeness (QED) is 0.642. The van der Waals surface area contributed by atoms with E-state index in [4.69, 9.17) is 0 Å². The van der Waals surface area contributed by atoms with E-state index in [1.54, 1.807) is 0 Å². The van der Waals surface area contributed by atoms with Crippen LogP contribution in [0.2, 0.25) is 0 Å². The average Bonchev–Trinajstić information content (AvgIpc) is 2.07. The van der Waals surface area contributed by atoms with Gasteiger partial charge in [0.05, 0.1) is 6.10 Å². The summed E-state index contributed by atoms with van der Waals surface area (Å²) >= 11 is 0. The zero-order valence-electron chi connectivity index (χ0n) is 8.00. The lowest BCUT2D eigenvalue weighted by atomic mass is 9.78. The predicted molar refractivity (Wildman–Crippen MR) is 51.9 cm³/mol. The van der Waals surface area contributed by atoms with Crippen LogP contribution in [0.5, 0.6) is 0 Å². The van der Waals surface area contributed by atoms with E-state index in [9.17, 15) is 5.11 Å². The first kappa shape index (κ1) is 9.79. The number of aliphatic hydroxyl groups is 1. The summed E-state index contributed by atoms with van der Waals surface area (Å²) < 4.78 is 0. The topological polar surface area (TPSA) is 20.2 Å². The molecule has 1 N–H and O–H groups in total. The molecule has 1 heteroatoms. The Bertz CT molecular complexity index is 134. The minimum atomic E-state index is -0.217. The third-order valence-electron chi connectivity index (χ3n) is 3.02. The molecule has 0 aromatic heterocycles. The van der Waals surface area contributed by atoms with Gasteiger partial charge in [-0.2, -0.15) is 0 Å². The maximum Gasteiger partial charge on any atom is 0.0577 e. The fourth-order valence-corrected chi connectivity index (χ4v) is 2.30. The van der Waals surface area contributed by atoms with E-state index in [2.05, 4.69) is 6.58 Å². The summed E-state index contributed by atoms with van der Waals surface area (Å²) in [6.45, 7) is 5.67. The number of aliphatic hydroxyl groups excluding tert-OH is 1. The van der Waals surface area contributed by atoms with Crippen molar-refractivity contribution in [2.45, 2.75) is 45.1 Å².